The summed E-state index contributed by atoms with van der Waals surface area (Å²) in [6.07, 6.45) is 1.56. The van der Waals surface area contributed by atoms with Gasteiger partial charge in [0.05, 0.1) is 0 Å². The summed E-state index contributed by atoms with van der Waals surface area (Å²) in [5.74, 6) is 0.113. The summed E-state index contributed by atoms with van der Waals surface area (Å²) in [6, 6.07) is 9.00. The third kappa shape index (κ3) is 2.67. The second-order valence-electron chi connectivity index (χ2n) is 6.00. The van der Waals surface area contributed by atoms with Gasteiger partial charge in [-0.05, 0) is 32.3 Å². The monoisotopic (exact) mass is 324 g/mol. The zero-order valence-corrected chi connectivity index (χ0v) is 13.9. The van der Waals surface area contributed by atoms with Gasteiger partial charge in [-0.3, -0.25) is 14.5 Å². The van der Waals surface area contributed by atoms with Gasteiger partial charge in [-0.15, -0.1) is 6.58 Å². The van der Waals surface area contributed by atoms with E-state index in [0.717, 1.165) is 11.9 Å². The number of carbonyl (C=O) groups is 2. The first-order valence-corrected chi connectivity index (χ1v) is 7.85. The zero-order chi connectivity index (χ0) is 17.3. The number of carbonyl (C=O) groups excluding carboxylic acids is 2. The van der Waals surface area contributed by atoms with E-state index >= 15 is 0 Å². The van der Waals surface area contributed by atoms with Gasteiger partial charge in [0.2, 0.25) is 0 Å². The number of hydrogen-bond acceptors (Lipinski definition) is 4. The summed E-state index contributed by atoms with van der Waals surface area (Å²) < 4.78 is 5.86. The number of hydrogen-bond donors (Lipinski definition) is 0. The lowest BCUT2D eigenvalue weighted by atomic mass is 9.93. The first kappa shape index (κ1) is 16.2. The van der Waals surface area contributed by atoms with Crippen LogP contribution in [0.15, 0.2) is 43.0 Å². The van der Waals surface area contributed by atoms with Crippen LogP contribution in [0.4, 0.5) is 0 Å². The molecule has 2 amide bonds. The minimum atomic E-state index is -0.288. The number of benzene rings is 2. The average molecular weight is 324 g/mol. The fraction of sp³-hybridized carbons (Fsp3) is 0.263. The van der Waals surface area contributed by atoms with Gasteiger partial charge in [0.1, 0.15) is 12.4 Å². The Balaban J connectivity index is 2.08. The van der Waals surface area contributed by atoms with Crippen molar-refractivity contribution in [2.24, 2.45) is 0 Å². The predicted octanol–water partition coefficient (Wildman–Crippen LogP) is 2.56. The van der Waals surface area contributed by atoms with Crippen molar-refractivity contribution in [3.8, 4) is 5.75 Å². The van der Waals surface area contributed by atoms with Crippen LogP contribution in [0, 0.1) is 0 Å². The van der Waals surface area contributed by atoms with E-state index in [1.807, 2.05) is 31.1 Å². The van der Waals surface area contributed by atoms with Gasteiger partial charge in [0.25, 0.3) is 11.8 Å². The molecule has 0 bridgehead atoms. The second-order valence-corrected chi connectivity index (χ2v) is 6.00. The summed E-state index contributed by atoms with van der Waals surface area (Å²) >= 11 is 0. The molecule has 0 aliphatic carbocycles. The highest BCUT2D eigenvalue weighted by molar-refractivity contribution is 6.26. The summed E-state index contributed by atoms with van der Waals surface area (Å²) in [6.45, 7) is 5.15. The van der Waals surface area contributed by atoms with Crippen molar-refractivity contribution in [2.75, 3.05) is 33.8 Å². The van der Waals surface area contributed by atoms with Crippen LogP contribution in [-0.4, -0.2) is 55.4 Å². The van der Waals surface area contributed by atoms with E-state index in [2.05, 4.69) is 6.58 Å². The fourth-order valence-electron chi connectivity index (χ4n) is 2.88. The van der Waals surface area contributed by atoms with Crippen LogP contribution in [0.25, 0.3) is 10.8 Å². The largest absolute Gasteiger partial charge is 0.492 e. The molecule has 0 saturated carbocycles. The molecule has 0 aromatic heterocycles. The van der Waals surface area contributed by atoms with Gasteiger partial charge < -0.3 is 9.64 Å². The Morgan fingerprint density at radius 3 is 2.50 bits per heavy atom. The van der Waals surface area contributed by atoms with Gasteiger partial charge in [0.15, 0.2) is 0 Å². The standard InChI is InChI=1S/C19H20N2O3/c1-4-10-21-18(22)14-7-5-6-13-16(24-12-11-20(2)3)9-8-15(17(13)14)19(21)23/h4-9H,1,10-12H2,2-3H3. The number of imide groups is 1. The predicted molar refractivity (Wildman–Crippen MR) is 93.6 cm³/mol. The van der Waals surface area contributed by atoms with Crippen molar-refractivity contribution in [3.05, 3.63) is 54.1 Å². The molecule has 124 valence electrons. The maximum absolute atomic E-state index is 12.6. The lowest BCUT2D eigenvalue weighted by Crippen LogP contribution is -2.40. The Labute approximate surface area is 141 Å². The number of likely N-dealkylation sites (N-methyl/N-ethyl adjacent to an activating group) is 1. The molecule has 5 nitrogen and oxygen atoms in total. The van der Waals surface area contributed by atoms with Crippen LogP contribution >= 0.6 is 0 Å². The first-order chi connectivity index (χ1) is 11.5. The van der Waals surface area contributed by atoms with E-state index in [1.54, 1.807) is 24.3 Å². The Morgan fingerprint density at radius 1 is 1.12 bits per heavy atom. The van der Waals surface area contributed by atoms with Crippen molar-refractivity contribution in [1.82, 2.24) is 9.80 Å². The van der Waals surface area contributed by atoms with E-state index < -0.39 is 0 Å². The highest BCUT2D eigenvalue weighted by atomic mass is 16.5. The third-order valence-corrected chi connectivity index (χ3v) is 4.06. The summed E-state index contributed by atoms with van der Waals surface area (Å²) in [5.41, 5.74) is 1.06. The highest BCUT2D eigenvalue weighted by Crippen LogP contribution is 2.35. The molecule has 0 fully saturated rings. The zero-order valence-electron chi connectivity index (χ0n) is 13.9. The van der Waals surface area contributed by atoms with Crippen LogP contribution in [0.1, 0.15) is 20.7 Å². The van der Waals surface area contributed by atoms with Crippen LogP contribution in [0.3, 0.4) is 0 Å². The topological polar surface area (TPSA) is 49.9 Å². The molecule has 2 aromatic carbocycles. The molecule has 0 saturated heterocycles. The van der Waals surface area contributed by atoms with Crippen LogP contribution in [0.5, 0.6) is 5.75 Å². The smallest absolute Gasteiger partial charge is 0.261 e. The normalized spacial score (nSPS) is 13.7. The maximum Gasteiger partial charge on any atom is 0.261 e. The molecule has 0 spiro atoms. The minimum absolute atomic E-state index is 0.203. The van der Waals surface area contributed by atoms with Crippen LogP contribution in [0.2, 0.25) is 0 Å². The number of nitrogens with zero attached hydrogens (tertiary/aromatic N) is 2. The van der Waals surface area contributed by atoms with Gasteiger partial charge in [-0.25, -0.2) is 0 Å². The van der Waals surface area contributed by atoms with Crippen molar-refractivity contribution in [1.29, 1.82) is 0 Å². The Morgan fingerprint density at radius 2 is 1.83 bits per heavy atom. The second kappa shape index (κ2) is 6.45. The lowest BCUT2D eigenvalue weighted by molar-refractivity contribution is 0.0629. The van der Waals surface area contributed by atoms with Crippen molar-refractivity contribution >= 4 is 22.6 Å². The molecule has 0 radical (unpaired) electrons. The summed E-state index contributed by atoms with van der Waals surface area (Å²) in [4.78, 5) is 28.5. The molecule has 0 atom stereocenters. The van der Waals surface area contributed by atoms with Gasteiger partial charge in [0, 0.05) is 35.0 Å². The SMILES string of the molecule is C=CCN1C(=O)c2cccc3c(OCCN(C)C)ccc(c23)C1=O. The molecule has 3 rings (SSSR count). The van der Waals surface area contributed by atoms with Crippen molar-refractivity contribution in [2.45, 2.75) is 0 Å². The molecule has 2 aromatic rings. The molecule has 1 heterocycles. The maximum atomic E-state index is 12.6. The third-order valence-electron chi connectivity index (χ3n) is 4.06. The Kier molecular flexibility index (Phi) is 4.36. The van der Waals surface area contributed by atoms with E-state index in [4.69, 9.17) is 4.74 Å². The minimum Gasteiger partial charge on any atom is -0.492 e. The number of ether oxygens (including phenoxy) is 1. The molecule has 24 heavy (non-hydrogen) atoms. The van der Waals surface area contributed by atoms with E-state index in [-0.39, 0.29) is 18.4 Å². The molecule has 1 aliphatic heterocycles. The molecule has 0 N–H and O–H groups in total. The van der Waals surface area contributed by atoms with Gasteiger partial charge in [-0.1, -0.05) is 18.2 Å². The quantitative estimate of drug-likeness (QED) is 0.605. The average Bonchev–Trinajstić information content (AvgIpc) is 2.57. The molecule has 1 aliphatic rings. The van der Waals surface area contributed by atoms with Gasteiger partial charge >= 0.3 is 0 Å². The number of amides is 2. The van der Waals surface area contributed by atoms with Crippen molar-refractivity contribution in [3.63, 3.8) is 0 Å². The fourth-order valence-corrected chi connectivity index (χ4v) is 2.88. The Hall–Kier alpha value is -2.66. The van der Waals surface area contributed by atoms with Crippen LogP contribution in [-0.2, 0) is 0 Å². The van der Waals surface area contributed by atoms with Crippen molar-refractivity contribution < 1.29 is 14.3 Å². The molecule has 5 heteroatoms. The highest BCUT2D eigenvalue weighted by Gasteiger charge is 2.32. The van der Waals surface area contributed by atoms with Crippen LogP contribution < -0.4 is 4.74 Å². The summed E-state index contributed by atoms with van der Waals surface area (Å²) in [7, 11) is 3.96. The number of rotatable bonds is 6. The van der Waals surface area contributed by atoms with E-state index in [1.165, 1.54) is 4.90 Å². The first-order valence-electron chi connectivity index (χ1n) is 7.85. The molecular weight excluding hydrogens is 304 g/mol. The van der Waals surface area contributed by atoms with E-state index in [0.29, 0.717) is 28.9 Å². The molecule has 0 unspecified atom stereocenters. The summed E-state index contributed by atoms with van der Waals surface area (Å²) in [5, 5.41) is 1.47. The lowest BCUT2D eigenvalue weighted by Gasteiger charge is -2.26. The molecular formula is C19H20N2O3. The van der Waals surface area contributed by atoms with E-state index in [9.17, 15) is 9.59 Å². The Bertz CT molecular complexity index is 804. The van der Waals surface area contributed by atoms with Gasteiger partial charge in [-0.2, -0.15) is 0 Å².